The second-order valence-electron chi connectivity index (χ2n) is 5.45. The van der Waals surface area contributed by atoms with Gasteiger partial charge in [0.1, 0.15) is 18.1 Å². The molecule has 1 aromatic carbocycles. The first kappa shape index (κ1) is 14.9. The zero-order valence-electron chi connectivity index (χ0n) is 12.8. The van der Waals surface area contributed by atoms with Crippen molar-refractivity contribution in [3.63, 3.8) is 0 Å². The number of para-hydroxylation sites is 2. The van der Waals surface area contributed by atoms with Crippen LogP contribution in [0.4, 0.5) is 5.69 Å². The SMILES string of the molecule is NCCN1CCN(c2ccccc2OCc2ccco2)CC1. The molecule has 5 nitrogen and oxygen atoms in total. The Balaban J connectivity index is 1.64. The molecule has 1 fully saturated rings. The van der Waals surface area contributed by atoms with Gasteiger partial charge < -0.3 is 19.8 Å². The summed E-state index contributed by atoms with van der Waals surface area (Å²) in [6.07, 6.45) is 1.67. The minimum Gasteiger partial charge on any atom is -0.483 e. The Morgan fingerprint density at radius 2 is 1.86 bits per heavy atom. The number of benzene rings is 1. The van der Waals surface area contributed by atoms with Gasteiger partial charge in [0.25, 0.3) is 0 Å². The predicted molar refractivity (Wildman–Crippen MR) is 87.2 cm³/mol. The average molecular weight is 301 g/mol. The fraction of sp³-hybridized carbons (Fsp3) is 0.412. The molecule has 22 heavy (non-hydrogen) atoms. The highest BCUT2D eigenvalue weighted by Crippen LogP contribution is 2.29. The first-order chi connectivity index (χ1) is 10.9. The van der Waals surface area contributed by atoms with E-state index in [-0.39, 0.29) is 0 Å². The van der Waals surface area contributed by atoms with E-state index in [2.05, 4.69) is 21.9 Å². The molecule has 0 unspecified atom stereocenters. The summed E-state index contributed by atoms with van der Waals surface area (Å²) >= 11 is 0. The number of piperazine rings is 1. The maximum absolute atomic E-state index is 5.94. The lowest BCUT2D eigenvalue weighted by Gasteiger charge is -2.36. The molecule has 2 heterocycles. The Hall–Kier alpha value is -1.98. The van der Waals surface area contributed by atoms with Gasteiger partial charge in [0.05, 0.1) is 12.0 Å². The van der Waals surface area contributed by atoms with Crippen LogP contribution in [0.1, 0.15) is 5.76 Å². The largest absolute Gasteiger partial charge is 0.483 e. The third-order valence-corrected chi connectivity index (χ3v) is 3.97. The predicted octanol–water partition coefficient (Wildman–Crippen LogP) is 1.94. The molecular formula is C17H23N3O2. The van der Waals surface area contributed by atoms with Crippen LogP contribution in [0.15, 0.2) is 47.1 Å². The molecule has 2 aromatic rings. The summed E-state index contributed by atoms with van der Waals surface area (Å²) in [5, 5.41) is 0. The number of hydrogen-bond acceptors (Lipinski definition) is 5. The Labute approximate surface area is 131 Å². The molecule has 5 heteroatoms. The van der Waals surface area contributed by atoms with Crippen LogP contribution in [0, 0.1) is 0 Å². The molecule has 2 N–H and O–H groups in total. The van der Waals surface area contributed by atoms with Crippen molar-refractivity contribution >= 4 is 5.69 Å². The van der Waals surface area contributed by atoms with Gasteiger partial charge in [-0.15, -0.1) is 0 Å². The number of ether oxygens (including phenoxy) is 1. The Bertz CT molecular complexity index is 563. The topological polar surface area (TPSA) is 54.9 Å². The first-order valence-electron chi connectivity index (χ1n) is 7.78. The van der Waals surface area contributed by atoms with Gasteiger partial charge in [0.2, 0.25) is 0 Å². The molecule has 1 aromatic heterocycles. The van der Waals surface area contributed by atoms with Crippen molar-refractivity contribution in [2.45, 2.75) is 6.61 Å². The summed E-state index contributed by atoms with van der Waals surface area (Å²) in [7, 11) is 0. The number of anilines is 1. The van der Waals surface area contributed by atoms with Gasteiger partial charge in [-0.2, -0.15) is 0 Å². The van der Waals surface area contributed by atoms with Gasteiger partial charge in [-0.3, -0.25) is 4.90 Å². The van der Waals surface area contributed by atoms with E-state index >= 15 is 0 Å². The van der Waals surface area contributed by atoms with Crippen LogP contribution in [0.5, 0.6) is 5.75 Å². The fourth-order valence-electron chi connectivity index (χ4n) is 2.78. The van der Waals surface area contributed by atoms with Gasteiger partial charge in [-0.1, -0.05) is 12.1 Å². The quantitative estimate of drug-likeness (QED) is 0.883. The third kappa shape index (κ3) is 3.61. The number of furan rings is 1. The van der Waals surface area contributed by atoms with Crippen LogP contribution in [0.2, 0.25) is 0 Å². The molecule has 0 spiro atoms. The lowest BCUT2D eigenvalue weighted by Crippen LogP contribution is -2.47. The Morgan fingerprint density at radius 1 is 1.05 bits per heavy atom. The number of rotatable bonds is 6. The van der Waals surface area contributed by atoms with Crippen LogP contribution in [0.3, 0.4) is 0 Å². The molecule has 0 aliphatic carbocycles. The van der Waals surface area contributed by atoms with Crippen LogP contribution in [0.25, 0.3) is 0 Å². The lowest BCUT2D eigenvalue weighted by atomic mass is 10.2. The fourth-order valence-corrected chi connectivity index (χ4v) is 2.78. The molecule has 1 saturated heterocycles. The number of hydrogen-bond donors (Lipinski definition) is 1. The van der Waals surface area contributed by atoms with Gasteiger partial charge in [-0.05, 0) is 24.3 Å². The van der Waals surface area contributed by atoms with E-state index < -0.39 is 0 Å². The minimum absolute atomic E-state index is 0.456. The molecule has 1 aliphatic heterocycles. The van der Waals surface area contributed by atoms with Gasteiger partial charge in [0, 0.05) is 39.3 Å². The summed E-state index contributed by atoms with van der Waals surface area (Å²) in [5.41, 5.74) is 6.79. The maximum atomic E-state index is 5.94. The van der Waals surface area contributed by atoms with E-state index in [0.717, 1.165) is 56.5 Å². The van der Waals surface area contributed by atoms with E-state index in [1.165, 1.54) is 0 Å². The number of nitrogens with zero attached hydrogens (tertiary/aromatic N) is 2. The first-order valence-corrected chi connectivity index (χ1v) is 7.78. The van der Waals surface area contributed by atoms with E-state index in [1.807, 2.05) is 24.3 Å². The van der Waals surface area contributed by atoms with E-state index in [4.69, 9.17) is 14.9 Å². The molecule has 1 aliphatic rings. The molecule has 0 saturated carbocycles. The zero-order chi connectivity index (χ0) is 15.2. The normalized spacial score (nSPS) is 16.0. The van der Waals surface area contributed by atoms with Crippen molar-refractivity contribution in [3.05, 3.63) is 48.4 Å². The average Bonchev–Trinajstić information content (AvgIpc) is 3.08. The highest BCUT2D eigenvalue weighted by Gasteiger charge is 2.19. The molecule has 0 amide bonds. The summed E-state index contributed by atoms with van der Waals surface area (Å²) in [6.45, 7) is 6.25. The Kier molecular flexibility index (Phi) is 4.98. The molecule has 0 bridgehead atoms. The minimum atomic E-state index is 0.456. The summed E-state index contributed by atoms with van der Waals surface area (Å²) in [5.74, 6) is 1.74. The van der Waals surface area contributed by atoms with Gasteiger partial charge in [-0.25, -0.2) is 0 Å². The highest BCUT2D eigenvalue weighted by molar-refractivity contribution is 5.58. The van der Waals surface area contributed by atoms with Crippen LogP contribution >= 0.6 is 0 Å². The highest BCUT2D eigenvalue weighted by atomic mass is 16.5. The van der Waals surface area contributed by atoms with E-state index in [1.54, 1.807) is 6.26 Å². The van der Waals surface area contributed by atoms with Crippen LogP contribution in [-0.2, 0) is 6.61 Å². The van der Waals surface area contributed by atoms with E-state index in [9.17, 15) is 0 Å². The van der Waals surface area contributed by atoms with E-state index in [0.29, 0.717) is 6.61 Å². The lowest BCUT2D eigenvalue weighted by molar-refractivity contribution is 0.257. The Morgan fingerprint density at radius 3 is 2.59 bits per heavy atom. The van der Waals surface area contributed by atoms with Crippen LogP contribution in [-0.4, -0.2) is 44.2 Å². The van der Waals surface area contributed by atoms with Gasteiger partial charge >= 0.3 is 0 Å². The zero-order valence-corrected chi connectivity index (χ0v) is 12.8. The standard InChI is InChI=1S/C17H23N3O2/c18-7-8-19-9-11-20(12-10-19)16-5-1-2-6-17(16)22-14-15-4-3-13-21-15/h1-6,13H,7-12,14,18H2. The molecule has 0 radical (unpaired) electrons. The van der Waals surface area contributed by atoms with Crippen molar-refractivity contribution in [2.75, 3.05) is 44.2 Å². The van der Waals surface area contributed by atoms with Crippen molar-refractivity contribution in [1.82, 2.24) is 4.90 Å². The summed E-state index contributed by atoms with van der Waals surface area (Å²) in [6, 6.07) is 12.0. The molecule has 3 rings (SSSR count). The van der Waals surface area contributed by atoms with Crippen molar-refractivity contribution in [3.8, 4) is 5.75 Å². The smallest absolute Gasteiger partial charge is 0.146 e. The second-order valence-corrected chi connectivity index (χ2v) is 5.45. The molecule has 0 atom stereocenters. The monoisotopic (exact) mass is 301 g/mol. The third-order valence-electron chi connectivity index (χ3n) is 3.97. The molecule has 118 valence electrons. The van der Waals surface area contributed by atoms with Crippen molar-refractivity contribution < 1.29 is 9.15 Å². The van der Waals surface area contributed by atoms with Gasteiger partial charge in [0.15, 0.2) is 0 Å². The summed E-state index contributed by atoms with van der Waals surface area (Å²) in [4.78, 5) is 4.79. The van der Waals surface area contributed by atoms with Crippen molar-refractivity contribution in [1.29, 1.82) is 0 Å². The second kappa shape index (κ2) is 7.33. The van der Waals surface area contributed by atoms with Crippen LogP contribution < -0.4 is 15.4 Å². The number of nitrogens with two attached hydrogens (primary N) is 1. The van der Waals surface area contributed by atoms with Crippen molar-refractivity contribution in [2.24, 2.45) is 5.73 Å². The maximum Gasteiger partial charge on any atom is 0.146 e. The summed E-state index contributed by atoms with van der Waals surface area (Å²) < 4.78 is 11.3. The molecular weight excluding hydrogens is 278 g/mol.